The number of aldehydes is 1. The minimum Gasteiger partial charge on any atom is -0.497 e. The van der Waals surface area contributed by atoms with E-state index in [9.17, 15) is 14.0 Å². The number of carbonyl (C=O) groups excluding carboxylic acids is 2. The Morgan fingerprint density at radius 3 is 2.55 bits per heavy atom. The van der Waals surface area contributed by atoms with Gasteiger partial charge in [0.25, 0.3) is 5.67 Å². The van der Waals surface area contributed by atoms with E-state index >= 15 is 0 Å². The highest BCUT2D eigenvalue weighted by Crippen LogP contribution is 2.12. The molecule has 0 aliphatic rings. The average molecular weight is 283 g/mol. The molecule has 1 atom stereocenters. The van der Waals surface area contributed by atoms with Crippen LogP contribution in [-0.2, 0) is 20.9 Å². The molecule has 1 N–H and O–H groups in total. The molecule has 0 saturated carbocycles. The topological polar surface area (TPSA) is 64.6 Å². The van der Waals surface area contributed by atoms with Crippen LogP contribution in [0.1, 0.15) is 12.5 Å². The lowest BCUT2D eigenvalue weighted by atomic mass is 10.1. The second kappa shape index (κ2) is 7.59. The van der Waals surface area contributed by atoms with Crippen molar-refractivity contribution in [2.24, 2.45) is 0 Å². The maximum absolute atomic E-state index is 14.0. The zero-order valence-electron chi connectivity index (χ0n) is 11.5. The summed E-state index contributed by atoms with van der Waals surface area (Å²) in [5.41, 5.74) is -1.77. The van der Waals surface area contributed by atoms with Gasteiger partial charge in [0.1, 0.15) is 5.75 Å². The zero-order chi connectivity index (χ0) is 15.0. The number of nitrogens with one attached hydrogen (secondary N) is 1. The number of carbonyl (C=O) groups is 2. The van der Waals surface area contributed by atoms with Crippen LogP contribution in [-0.4, -0.2) is 38.2 Å². The van der Waals surface area contributed by atoms with Gasteiger partial charge in [0, 0.05) is 13.1 Å². The molecule has 0 heterocycles. The Bertz CT molecular complexity index is 449. The predicted molar refractivity (Wildman–Crippen MR) is 71.2 cm³/mol. The number of hydrogen-bond donors (Lipinski definition) is 1. The number of benzene rings is 1. The van der Waals surface area contributed by atoms with Crippen LogP contribution in [0.25, 0.3) is 0 Å². The van der Waals surface area contributed by atoms with Crippen molar-refractivity contribution in [1.82, 2.24) is 5.32 Å². The van der Waals surface area contributed by atoms with E-state index in [2.05, 4.69) is 10.1 Å². The number of halogens is 1. The Morgan fingerprint density at radius 1 is 1.40 bits per heavy atom. The van der Waals surface area contributed by atoms with Crippen molar-refractivity contribution in [3.63, 3.8) is 0 Å². The molecule has 0 saturated heterocycles. The number of alkyl halides is 1. The summed E-state index contributed by atoms with van der Waals surface area (Å²) >= 11 is 0. The lowest BCUT2D eigenvalue weighted by Crippen LogP contribution is -2.46. The Balaban J connectivity index is 2.52. The largest absolute Gasteiger partial charge is 0.497 e. The van der Waals surface area contributed by atoms with Crippen LogP contribution in [0, 0.1) is 0 Å². The number of esters is 1. The van der Waals surface area contributed by atoms with Crippen LogP contribution < -0.4 is 10.1 Å². The molecule has 6 heteroatoms. The first kappa shape index (κ1) is 16.1. The first-order valence-electron chi connectivity index (χ1n) is 6.22. The molecule has 20 heavy (non-hydrogen) atoms. The lowest BCUT2D eigenvalue weighted by Gasteiger charge is -2.17. The van der Waals surface area contributed by atoms with Gasteiger partial charge in [0.15, 0.2) is 6.29 Å². The van der Waals surface area contributed by atoms with Crippen molar-refractivity contribution in [3.8, 4) is 5.75 Å². The highest BCUT2D eigenvalue weighted by atomic mass is 19.1. The van der Waals surface area contributed by atoms with Gasteiger partial charge in [-0.1, -0.05) is 12.1 Å². The lowest BCUT2D eigenvalue weighted by molar-refractivity contribution is -0.158. The monoisotopic (exact) mass is 283 g/mol. The fraction of sp³-hybridized carbons (Fsp3) is 0.429. The van der Waals surface area contributed by atoms with E-state index in [0.717, 1.165) is 5.56 Å². The van der Waals surface area contributed by atoms with Gasteiger partial charge in [-0.05, 0) is 24.6 Å². The standard InChI is InChI=1S/C14H18FNO4/c1-3-20-13(18)14(15,10-17)9-16-8-11-4-6-12(19-2)7-5-11/h4-7,10,16H,3,8-9H2,1-2H3/t14-/m0/s1. The quantitative estimate of drug-likeness (QED) is 0.442. The number of rotatable bonds is 8. The summed E-state index contributed by atoms with van der Waals surface area (Å²) in [6.07, 6.45) is -0.0357. The number of ether oxygens (including phenoxy) is 2. The molecule has 0 aromatic heterocycles. The third kappa shape index (κ3) is 4.31. The van der Waals surface area contributed by atoms with E-state index in [1.165, 1.54) is 0 Å². The summed E-state index contributed by atoms with van der Waals surface area (Å²) < 4.78 is 23.5. The van der Waals surface area contributed by atoms with Gasteiger partial charge < -0.3 is 14.8 Å². The van der Waals surface area contributed by atoms with Crippen molar-refractivity contribution in [2.75, 3.05) is 20.3 Å². The molecule has 0 aliphatic heterocycles. The maximum Gasteiger partial charge on any atom is 0.352 e. The van der Waals surface area contributed by atoms with Crippen molar-refractivity contribution in [2.45, 2.75) is 19.1 Å². The van der Waals surface area contributed by atoms with E-state index in [-0.39, 0.29) is 12.9 Å². The summed E-state index contributed by atoms with van der Waals surface area (Å²) in [5.74, 6) is -0.453. The molecule has 0 unspecified atom stereocenters. The minimum absolute atomic E-state index is 0.0246. The van der Waals surface area contributed by atoms with Gasteiger partial charge in [-0.15, -0.1) is 0 Å². The average Bonchev–Trinajstić information content (AvgIpc) is 2.48. The fourth-order valence-corrected chi connectivity index (χ4v) is 1.55. The Labute approximate surface area is 117 Å². The number of methoxy groups -OCH3 is 1. The SMILES string of the molecule is CCOC(=O)[C@@](F)(C=O)CNCc1ccc(OC)cc1. The van der Waals surface area contributed by atoms with Crippen LogP contribution in [0.2, 0.25) is 0 Å². The van der Waals surface area contributed by atoms with E-state index in [0.29, 0.717) is 12.3 Å². The van der Waals surface area contributed by atoms with Gasteiger partial charge in [-0.2, -0.15) is 0 Å². The van der Waals surface area contributed by atoms with Gasteiger partial charge >= 0.3 is 5.97 Å². The second-order valence-corrected chi connectivity index (χ2v) is 4.15. The Morgan fingerprint density at radius 2 is 2.05 bits per heavy atom. The van der Waals surface area contributed by atoms with Gasteiger partial charge in [0.2, 0.25) is 0 Å². The van der Waals surface area contributed by atoms with E-state index < -0.39 is 18.2 Å². The molecule has 1 aromatic carbocycles. The molecule has 0 radical (unpaired) electrons. The van der Waals surface area contributed by atoms with Crippen molar-refractivity contribution in [3.05, 3.63) is 29.8 Å². The fourth-order valence-electron chi connectivity index (χ4n) is 1.55. The van der Waals surface area contributed by atoms with Gasteiger partial charge in [-0.3, -0.25) is 4.79 Å². The van der Waals surface area contributed by atoms with Crippen molar-refractivity contribution >= 4 is 12.3 Å². The van der Waals surface area contributed by atoms with Crippen molar-refractivity contribution in [1.29, 1.82) is 0 Å². The molecule has 110 valence electrons. The van der Waals surface area contributed by atoms with E-state index in [1.54, 1.807) is 38.3 Å². The summed E-state index contributed by atoms with van der Waals surface area (Å²) in [6.45, 7) is 1.47. The summed E-state index contributed by atoms with van der Waals surface area (Å²) in [4.78, 5) is 22.1. The molecule has 0 spiro atoms. The second-order valence-electron chi connectivity index (χ2n) is 4.15. The van der Waals surface area contributed by atoms with E-state index in [4.69, 9.17) is 4.74 Å². The molecule has 5 nitrogen and oxygen atoms in total. The first-order valence-corrected chi connectivity index (χ1v) is 6.22. The Kier molecular flexibility index (Phi) is 6.11. The molecule has 0 bridgehead atoms. The first-order chi connectivity index (χ1) is 9.55. The van der Waals surface area contributed by atoms with Crippen LogP contribution in [0.4, 0.5) is 4.39 Å². The highest BCUT2D eigenvalue weighted by molar-refractivity contribution is 5.97. The maximum atomic E-state index is 14.0. The highest BCUT2D eigenvalue weighted by Gasteiger charge is 2.39. The van der Waals surface area contributed by atoms with Gasteiger partial charge in [-0.25, -0.2) is 9.18 Å². The molecule has 0 amide bonds. The summed E-state index contributed by atoms with van der Waals surface area (Å²) in [5, 5.41) is 2.72. The zero-order valence-corrected chi connectivity index (χ0v) is 11.5. The van der Waals surface area contributed by atoms with E-state index in [1.807, 2.05) is 0 Å². The van der Waals surface area contributed by atoms with Crippen LogP contribution in [0.3, 0.4) is 0 Å². The third-order valence-electron chi connectivity index (χ3n) is 2.67. The smallest absolute Gasteiger partial charge is 0.352 e. The molecular weight excluding hydrogens is 265 g/mol. The Hall–Kier alpha value is -1.95. The van der Waals surface area contributed by atoms with Crippen LogP contribution in [0.15, 0.2) is 24.3 Å². The predicted octanol–water partition coefficient (Wildman–Crippen LogP) is 1.26. The minimum atomic E-state index is -2.65. The summed E-state index contributed by atoms with van der Waals surface area (Å²) in [7, 11) is 1.56. The molecule has 1 rings (SSSR count). The molecule has 1 aromatic rings. The van der Waals surface area contributed by atoms with Gasteiger partial charge in [0.05, 0.1) is 13.7 Å². The molecule has 0 fully saturated rings. The molecule has 0 aliphatic carbocycles. The van der Waals surface area contributed by atoms with Crippen LogP contribution >= 0.6 is 0 Å². The van der Waals surface area contributed by atoms with Crippen LogP contribution in [0.5, 0.6) is 5.75 Å². The van der Waals surface area contributed by atoms with Crippen molar-refractivity contribution < 1.29 is 23.5 Å². The molecular formula is C14H18FNO4. The normalized spacial score (nSPS) is 13.3. The third-order valence-corrected chi connectivity index (χ3v) is 2.67. The summed E-state index contributed by atoms with van der Waals surface area (Å²) in [6, 6.07) is 7.14. The number of hydrogen-bond acceptors (Lipinski definition) is 5.